The molecule has 8 heteroatoms. The molecule has 7 nitrogen and oxygen atoms in total. The maximum absolute atomic E-state index is 12.1. The van der Waals surface area contributed by atoms with Gasteiger partial charge in [-0.05, 0) is 21.9 Å². The van der Waals surface area contributed by atoms with Crippen molar-refractivity contribution in [2.24, 2.45) is 5.92 Å². The quantitative estimate of drug-likeness (QED) is 0.790. The van der Waals surface area contributed by atoms with E-state index in [0.717, 1.165) is 13.1 Å². The fourth-order valence-corrected chi connectivity index (χ4v) is 2.53. The van der Waals surface area contributed by atoms with Crippen molar-refractivity contribution in [1.82, 2.24) is 30.8 Å². The maximum atomic E-state index is 12.1. The highest BCUT2D eigenvalue weighted by Gasteiger charge is 2.20. The molecule has 0 saturated carbocycles. The smallest absolute Gasteiger partial charge is 0.263 e. The summed E-state index contributed by atoms with van der Waals surface area (Å²) in [6.07, 6.45) is 1.48. The number of nitrogens with one attached hydrogen (secondary N) is 2. The van der Waals surface area contributed by atoms with E-state index in [1.54, 1.807) is 0 Å². The van der Waals surface area contributed by atoms with Gasteiger partial charge in [-0.15, -0.1) is 16.4 Å². The van der Waals surface area contributed by atoms with E-state index in [1.807, 2.05) is 11.4 Å². The van der Waals surface area contributed by atoms with E-state index in [-0.39, 0.29) is 5.91 Å². The average Bonchev–Trinajstić information content (AvgIpc) is 2.97. The summed E-state index contributed by atoms with van der Waals surface area (Å²) in [5.41, 5.74) is 0.717. The number of thiophene rings is 1. The number of amides is 1. The molecule has 1 amide bonds. The number of carbonyl (C=O) groups is 1. The van der Waals surface area contributed by atoms with Gasteiger partial charge in [0.15, 0.2) is 0 Å². The standard InChI is InChI=1S/C10H12N6OS/c17-10(12-5-7-3-11-4-7)9-8(1-2-18-9)16-6-13-14-15-16/h1-2,6-7,11H,3-5H2,(H,12,17). The first-order valence-corrected chi connectivity index (χ1v) is 6.52. The van der Waals surface area contributed by atoms with Gasteiger partial charge in [-0.2, -0.15) is 4.68 Å². The van der Waals surface area contributed by atoms with Crippen LogP contribution in [0.1, 0.15) is 9.67 Å². The summed E-state index contributed by atoms with van der Waals surface area (Å²) in [4.78, 5) is 12.7. The summed E-state index contributed by atoms with van der Waals surface area (Å²) < 4.78 is 1.50. The number of nitrogens with zero attached hydrogens (tertiary/aromatic N) is 4. The summed E-state index contributed by atoms with van der Waals surface area (Å²) >= 11 is 1.39. The minimum Gasteiger partial charge on any atom is -0.351 e. The third-order valence-corrected chi connectivity index (χ3v) is 3.77. The number of aromatic nitrogens is 4. The molecule has 0 spiro atoms. The Bertz CT molecular complexity index is 532. The Kier molecular flexibility index (Phi) is 3.03. The number of carbonyl (C=O) groups excluding carboxylic acids is 1. The van der Waals surface area contributed by atoms with Crippen molar-refractivity contribution in [3.63, 3.8) is 0 Å². The monoisotopic (exact) mass is 264 g/mol. The van der Waals surface area contributed by atoms with E-state index >= 15 is 0 Å². The Morgan fingerprint density at radius 1 is 1.61 bits per heavy atom. The molecule has 1 aliphatic rings. The molecular formula is C10H12N6OS. The lowest BCUT2D eigenvalue weighted by molar-refractivity contribution is 0.0946. The number of hydrogen-bond acceptors (Lipinski definition) is 6. The molecule has 3 heterocycles. The molecule has 1 saturated heterocycles. The van der Waals surface area contributed by atoms with Crippen LogP contribution in [0.4, 0.5) is 0 Å². The molecule has 0 unspecified atom stereocenters. The summed E-state index contributed by atoms with van der Waals surface area (Å²) in [6.45, 7) is 2.66. The van der Waals surface area contributed by atoms with Crippen molar-refractivity contribution in [2.45, 2.75) is 0 Å². The summed E-state index contributed by atoms with van der Waals surface area (Å²) in [7, 11) is 0. The van der Waals surface area contributed by atoms with Gasteiger partial charge in [0.25, 0.3) is 5.91 Å². The van der Waals surface area contributed by atoms with Crippen LogP contribution in [0.25, 0.3) is 5.69 Å². The van der Waals surface area contributed by atoms with Gasteiger partial charge >= 0.3 is 0 Å². The predicted molar refractivity (Wildman–Crippen MR) is 65.7 cm³/mol. The topological polar surface area (TPSA) is 84.7 Å². The van der Waals surface area contributed by atoms with Gasteiger partial charge < -0.3 is 10.6 Å². The van der Waals surface area contributed by atoms with Gasteiger partial charge in [0.1, 0.15) is 11.2 Å². The predicted octanol–water partition coefficient (Wildman–Crippen LogP) is -0.327. The minimum atomic E-state index is -0.0672. The second-order valence-electron chi connectivity index (χ2n) is 4.12. The first-order chi connectivity index (χ1) is 8.84. The lowest BCUT2D eigenvalue weighted by Gasteiger charge is -2.26. The number of tetrazole rings is 1. The van der Waals surface area contributed by atoms with E-state index in [9.17, 15) is 4.79 Å². The van der Waals surface area contributed by atoms with E-state index in [0.29, 0.717) is 23.0 Å². The van der Waals surface area contributed by atoms with Crippen molar-refractivity contribution in [3.05, 3.63) is 22.7 Å². The Hall–Kier alpha value is -1.80. The molecule has 0 atom stereocenters. The van der Waals surface area contributed by atoms with Crippen molar-refractivity contribution < 1.29 is 4.79 Å². The number of rotatable bonds is 4. The highest BCUT2D eigenvalue weighted by atomic mass is 32.1. The molecule has 1 fully saturated rings. The third kappa shape index (κ3) is 2.12. The molecule has 3 rings (SSSR count). The van der Waals surface area contributed by atoms with E-state index in [1.165, 1.54) is 22.3 Å². The lowest BCUT2D eigenvalue weighted by atomic mass is 10.0. The average molecular weight is 264 g/mol. The van der Waals surface area contributed by atoms with Gasteiger partial charge in [0.2, 0.25) is 0 Å². The normalized spacial score (nSPS) is 15.3. The van der Waals surface area contributed by atoms with E-state index in [2.05, 4.69) is 26.2 Å². The van der Waals surface area contributed by atoms with Crippen LogP contribution < -0.4 is 10.6 Å². The summed E-state index contributed by atoms with van der Waals surface area (Å²) in [5, 5.41) is 18.9. The maximum Gasteiger partial charge on any atom is 0.263 e. The molecule has 0 bridgehead atoms. The van der Waals surface area contributed by atoms with Crippen molar-refractivity contribution in [1.29, 1.82) is 0 Å². The highest BCUT2D eigenvalue weighted by Crippen LogP contribution is 2.19. The van der Waals surface area contributed by atoms with Gasteiger partial charge in [-0.25, -0.2) is 0 Å². The molecule has 0 radical (unpaired) electrons. The molecule has 1 aliphatic heterocycles. The van der Waals surface area contributed by atoms with Crippen LogP contribution in [-0.4, -0.2) is 45.7 Å². The summed E-state index contributed by atoms with van der Waals surface area (Å²) in [6, 6.07) is 1.83. The van der Waals surface area contributed by atoms with E-state index < -0.39 is 0 Å². The Balaban J connectivity index is 1.71. The van der Waals surface area contributed by atoms with Crippen molar-refractivity contribution in [2.75, 3.05) is 19.6 Å². The number of hydrogen-bond donors (Lipinski definition) is 2. The van der Waals surface area contributed by atoms with Crippen LogP contribution >= 0.6 is 11.3 Å². The van der Waals surface area contributed by atoms with Gasteiger partial charge in [-0.1, -0.05) is 0 Å². The second-order valence-corrected chi connectivity index (χ2v) is 5.04. The van der Waals surface area contributed by atoms with Crippen LogP contribution in [0.3, 0.4) is 0 Å². The van der Waals surface area contributed by atoms with Crippen LogP contribution in [-0.2, 0) is 0 Å². The fourth-order valence-electron chi connectivity index (χ4n) is 1.73. The van der Waals surface area contributed by atoms with Crippen LogP contribution in [0.5, 0.6) is 0 Å². The first kappa shape index (κ1) is 11.3. The molecule has 2 aromatic rings. The summed E-state index contributed by atoms with van der Waals surface area (Å²) in [5.74, 6) is 0.479. The lowest BCUT2D eigenvalue weighted by Crippen LogP contribution is -2.48. The second kappa shape index (κ2) is 4.83. The Morgan fingerprint density at radius 2 is 2.50 bits per heavy atom. The third-order valence-electron chi connectivity index (χ3n) is 2.86. The Labute approximate surface area is 107 Å². The van der Waals surface area contributed by atoms with E-state index in [4.69, 9.17) is 0 Å². The van der Waals surface area contributed by atoms with Gasteiger partial charge in [-0.3, -0.25) is 4.79 Å². The first-order valence-electron chi connectivity index (χ1n) is 5.64. The zero-order valence-electron chi connectivity index (χ0n) is 9.54. The molecular weight excluding hydrogens is 252 g/mol. The largest absolute Gasteiger partial charge is 0.351 e. The Morgan fingerprint density at radius 3 is 3.17 bits per heavy atom. The SMILES string of the molecule is O=C(NCC1CNC1)c1sccc1-n1cnnn1. The fraction of sp³-hybridized carbons (Fsp3) is 0.400. The van der Waals surface area contributed by atoms with Gasteiger partial charge in [0, 0.05) is 25.6 Å². The molecule has 18 heavy (non-hydrogen) atoms. The highest BCUT2D eigenvalue weighted by molar-refractivity contribution is 7.12. The van der Waals surface area contributed by atoms with Crippen LogP contribution in [0.2, 0.25) is 0 Å². The van der Waals surface area contributed by atoms with Gasteiger partial charge in [0.05, 0.1) is 5.69 Å². The van der Waals surface area contributed by atoms with Crippen LogP contribution in [0.15, 0.2) is 17.8 Å². The molecule has 0 aromatic carbocycles. The zero-order chi connectivity index (χ0) is 12.4. The van der Waals surface area contributed by atoms with Crippen LogP contribution in [0, 0.1) is 5.92 Å². The molecule has 2 N–H and O–H groups in total. The zero-order valence-corrected chi connectivity index (χ0v) is 10.4. The minimum absolute atomic E-state index is 0.0672. The van der Waals surface area contributed by atoms with Crippen molar-refractivity contribution in [3.8, 4) is 5.69 Å². The molecule has 0 aliphatic carbocycles. The van der Waals surface area contributed by atoms with Crippen molar-refractivity contribution >= 4 is 17.2 Å². The molecule has 94 valence electrons. The molecule has 2 aromatic heterocycles.